The van der Waals surface area contributed by atoms with E-state index in [2.05, 4.69) is 164 Å². The molecule has 0 aliphatic heterocycles. The van der Waals surface area contributed by atoms with E-state index in [0.717, 1.165) is 0 Å². The van der Waals surface area contributed by atoms with Crippen LogP contribution < -0.4 is 21.2 Å². The minimum Gasteiger partial charge on any atom is -0.172 e. The van der Waals surface area contributed by atoms with E-state index in [4.69, 9.17) is 0 Å². The van der Waals surface area contributed by atoms with Gasteiger partial charge in [0, 0.05) is 19.5 Å². The third-order valence-corrected chi connectivity index (χ3v) is 13.3. The van der Waals surface area contributed by atoms with E-state index in [1.807, 2.05) is 0 Å². The largest absolute Gasteiger partial charge is 0.174 e. The van der Waals surface area contributed by atoms with Gasteiger partial charge in [0.1, 0.15) is 37.1 Å². The molecule has 0 amide bonds. The molecule has 2 aliphatic rings. The number of benzene rings is 5. The summed E-state index contributed by atoms with van der Waals surface area (Å²) in [4.78, 5) is 0. The Morgan fingerprint density at radius 1 is 0.405 bits per heavy atom. The molecular formula is C34H31P2Ru+. The molecule has 2 aliphatic carbocycles. The van der Waals surface area contributed by atoms with E-state index in [-0.39, 0.29) is 19.5 Å². The van der Waals surface area contributed by atoms with Crippen LogP contribution in [0.5, 0.6) is 0 Å². The van der Waals surface area contributed by atoms with E-state index >= 15 is 0 Å². The average Bonchev–Trinajstić information content (AvgIpc) is 3.45. The molecule has 4 aromatic rings. The number of hydrogen-bond donors (Lipinski definition) is 0. The van der Waals surface area contributed by atoms with Gasteiger partial charge >= 0.3 is 0 Å². The van der Waals surface area contributed by atoms with Gasteiger partial charge in [-0.15, -0.1) is 17.2 Å². The Bertz CT molecular complexity index is 1210. The Kier molecular flexibility index (Phi) is 10.5. The molecule has 0 spiro atoms. The Morgan fingerprint density at radius 3 is 1.16 bits per heavy atom. The maximum absolute atomic E-state index is 2.32. The van der Waals surface area contributed by atoms with Gasteiger partial charge in [-0.3, -0.25) is 0 Å². The van der Waals surface area contributed by atoms with Crippen LogP contribution in [0, 0.1) is 0 Å². The first kappa shape index (κ1) is 27.2. The molecule has 0 bridgehead atoms. The zero-order chi connectivity index (χ0) is 24.4. The number of hydrogen-bond acceptors (Lipinski definition) is 0. The first-order valence-corrected chi connectivity index (χ1v) is 15.8. The summed E-state index contributed by atoms with van der Waals surface area (Å²) in [5.41, 5.74) is 2.66. The summed E-state index contributed by atoms with van der Waals surface area (Å²) < 4.78 is 0. The summed E-state index contributed by atoms with van der Waals surface area (Å²) in [5, 5.41) is 6.01. The van der Waals surface area contributed by atoms with Gasteiger partial charge in [-0.05, 0) is 48.5 Å². The van der Waals surface area contributed by atoms with Gasteiger partial charge in [-0.2, -0.15) is 24.3 Å². The van der Waals surface area contributed by atoms with Crippen molar-refractivity contribution in [1.29, 1.82) is 0 Å². The molecule has 0 N–H and O–H groups in total. The van der Waals surface area contributed by atoms with Crippen LogP contribution in [0.25, 0.3) is 11.1 Å². The normalized spacial score (nSPS) is 10.5. The second-order valence-electron chi connectivity index (χ2n) is 8.75. The fraction of sp³-hybridized carbons (Fsp3) is 0.0294. The standard InChI is InChI=1S/C25H22P2.C9H7.Ru/c1-5-13-22(14-6-1)26(23-15-7-2-8-16-23)21-27(24-17-9-3-10-18-24)25-19-11-4-12-20-25;1-2-5-9-7-3-6-8(9)4-1;/h1-20H,21H2;1-7H;/q;-1;/p+2. The van der Waals surface area contributed by atoms with Crippen LogP contribution in [0.2, 0.25) is 0 Å². The van der Waals surface area contributed by atoms with Crippen molar-refractivity contribution >= 4 is 37.1 Å². The first-order chi connectivity index (χ1) is 17.9. The molecule has 3 heteroatoms. The molecule has 0 heterocycles. The van der Waals surface area contributed by atoms with Crippen LogP contribution in [-0.2, 0) is 19.5 Å². The summed E-state index contributed by atoms with van der Waals surface area (Å²) >= 11 is 0. The topological polar surface area (TPSA) is 0 Å². The summed E-state index contributed by atoms with van der Waals surface area (Å²) in [6, 6.07) is 59.1. The SMILES string of the molecule is [Ru].c1cc2cc[cH-]cc-2c1.c1ccc([PH+](C[PH+](c2ccccc2)c2ccccc2)c2ccccc2)cc1. The quantitative estimate of drug-likeness (QED) is 0.108. The second kappa shape index (κ2) is 14.2. The molecule has 0 unspecified atom stereocenters. The maximum Gasteiger partial charge on any atom is 0.174 e. The zero-order valence-corrected chi connectivity index (χ0v) is 24.4. The fourth-order valence-corrected chi connectivity index (χ4v) is 12.3. The van der Waals surface area contributed by atoms with Crippen LogP contribution in [-0.4, -0.2) is 5.90 Å². The summed E-state index contributed by atoms with van der Waals surface area (Å²) in [7, 11) is -1.69. The van der Waals surface area contributed by atoms with Crippen molar-refractivity contribution in [3.8, 4) is 11.1 Å². The van der Waals surface area contributed by atoms with Gasteiger partial charge in [0.15, 0.2) is 5.90 Å². The third-order valence-electron chi connectivity index (χ3n) is 6.39. The zero-order valence-electron chi connectivity index (χ0n) is 20.6. The van der Waals surface area contributed by atoms with Gasteiger partial charge in [-0.1, -0.05) is 84.9 Å². The Hall–Kier alpha value is -2.81. The van der Waals surface area contributed by atoms with Crippen molar-refractivity contribution in [2.75, 3.05) is 5.90 Å². The van der Waals surface area contributed by atoms with Crippen molar-refractivity contribution in [1.82, 2.24) is 0 Å². The molecule has 0 saturated heterocycles. The summed E-state index contributed by atoms with van der Waals surface area (Å²) in [6.45, 7) is 0. The predicted octanol–water partition coefficient (Wildman–Crippen LogP) is 7.18. The number of rotatable bonds is 6. The fourth-order valence-electron chi connectivity index (χ4n) is 4.55. The number of fused-ring (bicyclic) bond motifs is 1. The minimum absolute atomic E-state index is 0. The summed E-state index contributed by atoms with van der Waals surface area (Å²) in [6.07, 6.45) is 0. The van der Waals surface area contributed by atoms with Gasteiger partial charge in [0.25, 0.3) is 0 Å². The molecule has 0 radical (unpaired) electrons. The summed E-state index contributed by atoms with van der Waals surface area (Å²) in [5.74, 6) is 1.25. The monoisotopic (exact) mass is 603 g/mol. The Labute approximate surface area is 236 Å². The van der Waals surface area contributed by atoms with Crippen molar-refractivity contribution in [2.45, 2.75) is 0 Å². The van der Waals surface area contributed by atoms with E-state index in [9.17, 15) is 0 Å². The van der Waals surface area contributed by atoms with E-state index in [0.29, 0.717) is 0 Å². The maximum atomic E-state index is 2.32. The smallest absolute Gasteiger partial charge is 0.172 e. The van der Waals surface area contributed by atoms with Crippen molar-refractivity contribution < 1.29 is 19.5 Å². The minimum atomic E-state index is -0.847. The van der Waals surface area contributed by atoms with E-state index in [1.165, 1.54) is 38.2 Å². The second-order valence-corrected chi connectivity index (χ2v) is 14.4. The Balaban J connectivity index is 0.000000269. The van der Waals surface area contributed by atoms with E-state index < -0.39 is 15.8 Å². The van der Waals surface area contributed by atoms with E-state index in [1.54, 1.807) is 0 Å². The molecule has 0 saturated carbocycles. The van der Waals surface area contributed by atoms with Crippen LogP contribution in [0.4, 0.5) is 0 Å². The molecule has 0 fully saturated rings. The van der Waals surface area contributed by atoms with Crippen LogP contribution in [0.15, 0.2) is 164 Å². The molecule has 0 atom stereocenters. The molecule has 184 valence electrons. The van der Waals surface area contributed by atoms with Gasteiger partial charge in [-0.25, -0.2) is 0 Å². The molecule has 0 aromatic heterocycles. The third kappa shape index (κ3) is 7.37. The molecule has 4 aromatic carbocycles. The Morgan fingerprint density at radius 2 is 0.784 bits per heavy atom. The first-order valence-electron chi connectivity index (χ1n) is 12.4. The van der Waals surface area contributed by atoms with Crippen LogP contribution >= 0.6 is 15.8 Å². The van der Waals surface area contributed by atoms with Crippen molar-refractivity contribution in [3.05, 3.63) is 164 Å². The molecule has 0 nitrogen and oxygen atoms in total. The average molecular weight is 603 g/mol. The van der Waals surface area contributed by atoms with Gasteiger partial charge in [0.05, 0.1) is 0 Å². The van der Waals surface area contributed by atoms with Crippen molar-refractivity contribution in [2.24, 2.45) is 0 Å². The molecule has 37 heavy (non-hydrogen) atoms. The van der Waals surface area contributed by atoms with Crippen LogP contribution in [0.3, 0.4) is 0 Å². The molecular weight excluding hydrogens is 571 g/mol. The van der Waals surface area contributed by atoms with Gasteiger partial charge < -0.3 is 0 Å². The predicted molar refractivity (Wildman–Crippen MR) is 164 cm³/mol. The van der Waals surface area contributed by atoms with Gasteiger partial charge in [0.2, 0.25) is 0 Å². The van der Waals surface area contributed by atoms with Crippen molar-refractivity contribution in [3.63, 3.8) is 0 Å². The molecule has 6 rings (SSSR count). The van der Waals surface area contributed by atoms with Crippen LogP contribution in [0.1, 0.15) is 0 Å².